The molecular formula is C24H23N6O7S3+. The normalized spacial score (nSPS) is 18.8. The van der Waals surface area contributed by atoms with Crippen LogP contribution >= 0.6 is 34.4 Å². The average molecular weight is 604 g/mol. The van der Waals surface area contributed by atoms with Gasteiger partial charge in [-0.1, -0.05) is 16.5 Å². The monoisotopic (exact) mass is 603 g/mol. The van der Waals surface area contributed by atoms with Crippen molar-refractivity contribution in [1.82, 2.24) is 15.2 Å². The highest BCUT2D eigenvalue weighted by atomic mass is 32.2. The van der Waals surface area contributed by atoms with E-state index in [1.807, 2.05) is 34.3 Å². The van der Waals surface area contributed by atoms with Crippen LogP contribution in [-0.2, 0) is 35.3 Å². The number of nitrogens with zero attached hydrogens (tertiary/aromatic N) is 4. The summed E-state index contributed by atoms with van der Waals surface area (Å²) in [6, 6.07) is 4.85. The van der Waals surface area contributed by atoms with Crippen LogP contribution in [0.1, 0.15) is 12.6 Å². The third-order valence-electron chi connectivity index (χ3n) is 6.00. The molecule has 2 aliphatic rings. The van der Waals surface area contributed by atoms with Gasteiger partial charge < -0.3 is 25.7 Å². The number of hydrogen-bond acceptors (Lipinski definition) is 12. The predicted octanol–water partition coefficient (Wildman–Crippen LogP) is 0.950. The van der Waals surface area contributed by atoms with E-state index in [1.54, 1.807) is 18.3 Å². The van der Waals surface area contributed by atoms with Gasteiger partial charge in [0.2, 0.25) is 6.61 Å². The van der Waals surface area contributed by atoms with E-state index in [2.05, 4.69) is 15.5 Å². The number of thiazole rings is 1. The topological polar surface area (TPSA) is 177 Å². The molecule has 16 heteroatoms. The second-order valence-corrected chi connectivity index (χ2v) is 11.4. The van der Waals surface area contributed by atoms with Crippen molar-refractivity contribution in [2.24, 2.45) is 5.16 Å². The molecule has 13 nitrogen and oxygen atoms in total. The maximum Gasteiger partial charge on any atom is 0.352 e. The molecule has 1 unspecified atom stereocenters. The number of aliphatic carboxylic acids is 1. The molecule has 0 bridgehead atoms. The summed E-state index contributed by atoms with van der Waals surface area (Å²) in [7, 11) is 0. The molecular weight excluding hydrogens is 581 g/mol. The van der Waals surface area contributed by atoms with Gasteiger partial charge in [-0.2, -0.15) is 4.57 Å². The summed E-state index contributed by atoms with van der Waals surface area (Å²) in [6.45, 7) is 1.56. The minimum absolute atomic E-state index is 0.0840. The fourth-order valence-electron chi connectivity index (χ4n) is 4.29. The van der Waals surface area contributed by atoms with Crippen molar-refractivity contribution >= 4 is 79.2 Å². The Morgan fingerprint density at radius 3 is 2.88 bits per heavy atom. The van der Waals surface area contributed by atoms with E-state index in [0.29, 0.717) is 17.9 Å². The van der Waals surface area contributed by atoms with Gasteiger partial charge in [-0.05, 0) is 24.4 Å². The second-order valence-electron chi connectivity index (χ2n) is 8.52. The van der Waals surface area contributed by atoms with Crippen LogP contribution in [0.4, 0.5) is 5.13 Å². The first-order valence-electron chi connectivity index (χ1n) is 11.9. The summed E-state index contributed by atoms with van der Waals surface area (Å²) in [6.07, 6.45) is 1.87. The van der Waals surface area contributed by atoms with E-state index >= 15 is 0 Å². The first kappa shape index (κ1) is 27.5. The van der Waals surface area contributed by atoms with Crippen LogP contribution in [0.3, 0.4) is 0 Å². The number of rotatable bonds is 10. The van der Waals surface area contributed by atoms with Gasteiger partial charge in [-0.15, -0.1) is 23.1 Å². The number of thiophene rings is 1. The molecule has 208 valence electrons. The Morgan fingerprint density at radius 1 is 1.32 bits per heavy atom. The summed E-state index contributed by atoms with van der Waals surface area (Å²) in [4.78, 5) is 61.5. The number of fused-ring (bicyclic) bond motifs is 2. The lowest BCUT2D eigenvalue weighted by Crippen LogP contribution is -2.71. The number of hydrogen-bond donors (Lipinski definition) is 3. The number of thioether (sulfide) groups is 1. The third-order valence-corrected chi connectivity index (χ3v) is 8.98. The van der Waals surface area contributed by atoms with Crippen molar-refractivity contribution in [2.45, 2.75) is 24.9 Å². The zero-order valence-electron chi connectivity index (χ0n) is 20.9. The molecule has 2 aliphatic heterocycles. The van der Waals surface area contributed by atoms with Crippen molar-refractivity contribution < 1.29 is 38.4 Å². The fourth-order valence-corrected chi connectivity index (χ4v) is 7.05. The van der Waals surface area contributed by atoms with Gasteiger partial charge in [-0.25, -0.2) is 14.6 Å². The first-order valence-corrected chi connectivity index (χ1v) is 14.7. The maximum absolute atomic E-state index is 13.2. The second kappa shape index (κ2) is 11.6. The number of nitrogen functional groups attached to an aromatic ring is 1. The van der Waals surface area contributed by atoms with Gasteiger partial charge in [0, 0.05) is 22.8 Å². The number of pyridine rings is 1. The van der Waals surface area contributed by atoms with Crippen LogP contribution in [0.25, 0.3) is 10.2 Å². The molecule has 1 fully saturated rings. The van der Waals surface area contributed by atoms with E-state index in [-0.39, 0.29) is 28.8 Å². The molecule has 5 rings (SSSR count). The zero-order valence-corrected chi connectivity index (χ0v) is 23.4. The van der Waals surface area contributed by atoms with Crippen LogP contribution in [0.5, 0.6) is 0 Å². The number of esters is 1. The molecule has 3 aromatic heterocycles. The number of aromatic nitrogens is 2. The van der Waals surface area contributed by atoms with Crippen molar-refractivity contribution in [2.75, 3.05) is 24.7 Å². The number of amides is 2. The molecule has 0 saturated carbocycles. The lowest BCUT2D eigenvalue weighted by atomic mass is 10.0. The van der Waals surface area contributed by atoms with E-state index in [9.17, 15) is 24.3 Å². The Morgan fingerprint density at radius 2 is 2.15 bits per heavy atom. The maximum atomic E-state index is 13.2. The van der Waals surface area contributed by atoms with Crippen molar-refractivity contribution in [3.63, 3.8) is 0 Å². The highest BCUT2D eigenvalue weighted by Gasteiger charge is 2.55. The van der Waals surface area contributed by atoms with E-state index < -0.39 is 41.8 Å². The van der Waals surface area contributed by atoms with Crippen LogP contribution in [0, 0.1) is 0 Å². The van der Waals surface area contributed by atoms with Crippen molar-refractivity contribution in [3.05, 3.63) is 52.1 Å². The van der Waals surface area contributed by atoms with Crippen molar-refractivity contribution in [1.29, 1.82) is 0 Å². The number of nitrogens with two attached hydrogens (primary N) is 1. The molecule has 4 N–H and O–H groups in total. The summed E-state index contributed by atoms with van der Waals surface area (Å²) in [5.74, 6) is -2.90. The van der Waals surface area contributed by atoms with Gasteiger partial charge in [0.15, 0.2) is 23.6 Å². The molecule has 0 spiro atoms. The number of carbonyl (C=O) groups excluding carboxylic acids is 3. The SMILES string of the molecule is CCOC(=O)CON=C(C(=O)NC1C(=O)N2C(C(=O)O)=C(C[n+]3cccc4ccsc43)CS[C@@H]12)c1csc(N)n1. The minimum atomic E-state index is -1.22. The van der Waals surface area contributed by atoms with Gasteiger partial charge in [-0.3, -0.25) is 14.5 Å². The largest absolute Gasteiger partial charge is 0.477 e. The van der Waals surface area contributed by atoms with Gasteiger partial charge in [0.1, 0.15) is 22.8 Å². The van der Waals surface area contributed by atoms with E-state index in [4.69, 9.17) is 15.3 Å². The minimum Gasteiger partial charge on any atom is -0.477 e. The fraction of sp³-hybridized carbons (Fsp3) is 0.292. The Bertz CT molecular complexity index is 1560. The van der Waals surface area contributed by atoms with E-state index in [1.165, 1.54) is 22.0 Å². The van der Waals surface area contributed by atoms with Gasteiger partial charge in [0.25, 0.3) is 16.6 Å². The van der Waals surface area contributed by atoms with Crippen molar-refractivity contribution in [3.8, 4) is 0 Å². The summed E-state index contributed by atoms with van der Waals surface area (Å²) < 4.78 is 6.74. The zero-order chi connectivity index (χ0) is 28.4. The Hall–Kier alpha value is -4.02. The average Bonchev–Trinajstić information content (AvgIpc) is 3.59. The molecule has 3 aromatic rings. The quantitative estimate of drug-likeness (QED) is 0.0994. The summed E-state index contributed by atoms with van der Waals surface area (Å²) in [5, 5.41) is 20.4. The first-order chi connectivity index (χ1) is 19.3. The smallest absolute Gasteiger partial charge is 0.352 e. The Labute approximate surface area is 239 Å². The number of carbonyl (C=O) groups is 4. The Balaban J connectivity index is 1.34. The number of carboxylic acid groups (broad SMARTS) is 1. The summed E-state index contributed by atoms with van der Waals surface area (Å²) >= 11 is 3.97. The molecule has 0 radical (unpaired) electrons. The van der Waals surface area contributed by atoms with Crippen LogP contribution in [0.15, 0.2) is 51.6 Å². The lowest BCUT2D eigenvalue weighted by molar-refractivity contribution is -0.661. The van der Waals surface area contributed by atoms with Gasteiger partial charge in [0.05, 0.1) is 12.0 Å². The number of nitrogens with one attached hydrogen (secondary N) is 1. The molecule has 0 aromatic carbocycles. The van der Waals surface area contributed by atoms with E-state index in [0.717, 1.165) is 21.6 Å². The molecule has 5 heterocycles. The molecule has 2 atom stereocenters. The molecule has 1 saturated heterocycles. The number of β-lactam (4-membered cyclic amide) rings is 1. The molecule has 0 aliphatic carbocycles. The third kappa shape index (κ3) is 5.37. The van der Waals surface area contributed by atoms with Crippen LogP contribution < -0.4 is 15.6 Å². The van der Waals surface area contributed by atoms with Gasteiger partial charge >= 0.3 is 11.9 Å². The standard InChI is InChI=1S/C24H22N6O7S3/c1-2-36-15(31)9-37-28-16(14-11-40-24(25)26-14)19(32)27-17-20(33)30-18(23(34)35)13(10-39-22(17)30)8-29-6-3-4-12-5-7-38-21(12)29/h3-7,11,17,22H,2,8-10H2,1H3,(H3-,25,26,27,32,34,35)/p+1/t17?,22-/m0/s1. The van der Waals surface area contributed by atoms with Crippen LogP contribution in [-0.4, -0.2) is 74.8 Å². The number of oxime groups is 1. The predicted molar refractivity (Wildman–Crippen MR) is 147 cm³/mol. The number of carboxylic acids is 1. The van der Waals surface area contributed by atoms with Crippen LogP contribution in [0.2, 0.25) is 0 Å². The Kier molecular flexibility index (Phi) is 7.99. The number of ether oxygens (including phenoxy) is 1. The molecule has 40 heavy (non-hydrogen) atoms. The lowest BCUT2D eigenvalue weighted by Gasteiger charge is -2.49. The highest BCUT2D eigenvalue weighted by Crippen LogP contribution is 2.40. The highest BCUT2D eigenvalue weighted by molar-refractivity contribution is 8.00. The molecule has 2 amide bonds. The summed E-state index contributed by atoms with van der Waals surface area (Å²) in [5.41, 5.74) is 6.00. The number of anilines is 1.